The lowest BCUT2D eigenvalue weighted by Crippen LogP contribution is -2.04. The van der Waals surface area contributed by atoms with Gasteiger partial charge >= 0.3 is 0 Å². The number of benzene rings is 2. The molecule has 0 saturated heterocycles. The van der Waals surface area contributed by atoms with Gasteiger partial charge in [-0.3, -0.25) is 4.79 Å². The lowest BCUT2D eigenvalue weighted by Gasteiger charge is -2.08. The number of carbonyl (C=O) groups excluding carboxylic acids is 1. The Morgan fingerprint density at radius 1 is 1.06 bits per heavy atom. The van der Waals surface area contributed by atoms with E-state index < -0.39 is 0 Å². The van der Waals surface area contributed by atoms with Crippen LogP contribution in [0.15, 0.2) is 36.4 Å². The van der Waals surface area contributed by atoms with Gasteiger partial charge in [0, 0.05) is 19.7 Å². The normalized spacial score (nSPS) is 10.4. The molecule has 0 aromatic heterocycles. The number of rotatable bonds is 2. The fourth-order valence-electron chi connectivity index (χ4n) is 1.78. The Morgan fingerprint density at radius 3 is 2.28 bits per heavy atom. The monoisotopic (exact) mass is 370 g/mol. The van der Waals surface area contributed by atoms with E-state index in [1.165, 1.54) is 0 Å². The SMILES string of the molecule is Cc1cc(C(=O)c2ccc(I)cc2)c(C)cc1Cl. The van der Waals surface area contributed by atoms with Crippen molar-refractivity contribution in [3.8, 4) is 0 Å². The summed E-state index contributed by atoms with van der Waals surface area (Å²) in [7, 11) is 0. The third kappa shape index (κ3) is 2.75. The summed E-state index contributed by atoms with van der Waals surface area (Å²) in [6, 6.07) is 11.3. The minimum Gasteiger partial charge on any atom is -0.289 e. The third-order valence-electron chi connectivity index (χ3n) is 2.86. The Labute approximate surface area is 125 Å². The van der Waals surface area contributed by atoms with Gasteiger partial charge in [-0.15, -0.1) is 0 Å². The Hall–Kier alpha value is -0.870. The molecule has 2 rings (SSSR count). The topological polar surface area (TPSA) is 17.1 Å². The zero-order chi connectivity index (χ0) is 13.3. The molecule has 18 heavy (non-hydrogen) atoms. The van der Waals surface area contributed by atoms with E-state index in [9.17, 15) is 4.79 Å². The lowest BCUT2D eigenvalue weighted by molar-refractivity contribution is 0.103. The van der Waals surface area contributed by atoms with Crippen molar-refractivity contribution in [1.29, 1.82) is 0 Å². The van der Waals surface area contributed by atoms with Gasteiger partial charge in [0.1, 0.15) is 0 Å². The van der Waals surface area contributed by atoms with Crippen LogP contribution < -0.4 is 0 Å². The maximum Gasteiger partial charge on any atom is 0.193 e. The molecule has 3 heteroatoms. The maximum absolute atomic E-state index is 12.4. The Bertz CT molecular complexity index is 603. The van der Waals surface area contributed by atoms with Crippen LogP contribution in [0.4, 0.5) is 0 Å². The summed E-state index contributed by atoms with van der Waals surface area (Å²) in [5, 5.41) is 0.701. The van der Waals surface area contributed by atoms with Gasteiger partial charge < -0.3 is 0 Å². The van der Waals surface area contributed by atoms with Gasteiger partial charge in [0.2, 0.25) is 0 Å². The van der Waals surface area contributed by atoms with E-state index in [2.05, 4.69) is 22.6 Å². The fourth-order valence-corrected chi connectivity index (χ4v) is 2.36. The van der Waals surface area contributed by atoms with Crippen LogP contribution in [0.1, 0.15) is 27.0 Å². The third-order valence-corrected chi connectivity index (χ3v) is 3.98. The highest BCUT2D eigenvalue weighted by molar-refractivity contribution is 14.1. The second-order valence-electron chi connectivity index (χ2n) is 4.25. The summed E-state index contributed by atoms with van der Waals surface area (Å²) in [6.45, 7) is 3.82. The van der Waals surface area contributed by atoms with Crippen molar-refractivity contribution in [2.75, 3.05) is 0 Å². The van der Waals surface area contributed by atoms with Crippen LogP contribution in [0.3, 0.4) is 0 Å². The Balaban J connectivity index is 2.46. The predicted molar refractivity (Wildman–Crippen MR) is 83.5 cm³/mol. The highest BCUT2D eigenvalue weighted by Crippen LogP contribution is 2.23. The molecule has 0 aliphatic heterocycles. The van der Waals surface area contributed by atoms with E-state index in [0.717, 1.165) is 20.3 Å². The predicted octanol–water partition coefficient (Wildman–Crippen LogP) is 4.79. The van der Waals surface area contributed by atoms with E-state index >= 15 is 0 Å². The molecule has 0 heterocycles. The van der Waals surface area contributed by atoms with Crippen LogP contribution >= 0.6 is 34.2 Å². The largest absolute Gasteiger partial charge is 0.289 e. The molecule has 0 atom stereocenters. The fraction of sp³-hybridized carbons (Fsp3) is 0.133. The minimum absolute atomic E-state index is 0.0451. The zero-order valence-corrected chi connectivity index (χ0v) is 13.0. The smallest absolute Gasteiger partial charge is 0.193 e. The van der Waals surface area contributed by atoms with Gasteiger partial charge in [-0.05, 0) is 84.0 Å². The number of hydrogen-bond donors (Lipinski definition) is 0. The minimum atomic E-state index is 0.0451. The van der Waals surface area contributed by atoms with E-state index in [0.29, 0.717) is 10.6 Å². The standard InChI is InChI=1S/C15H12ClIO/c1-9-8-14(16)10(2)7-13(9)15(18)11-3-5-12(17)6-4-11/h3-8H,1-2H3. The molecule has 0 spiro atoms. The van der Waals surface area contributed by atoms with Crippen molar-refractivity contribution in [3.63, 3.8) is 0 Å². The van der Waals surface area contributed by atoms with Gasteiger partial charge in [-0.2, -0.15) is 0 Å². The number of hydrogen-bond acceptors (Lipinski definition) is 1. The van der Waals surface area contributed by atoms with Gasteiger partial charge in [0.15, 0.2) is 5.78 Å². The van der Waals surface area contributed by atoms with Crippen LogP contribution in [0.25, 0.3) is 0 Å². The molecule has 92 valence electrons. The van der Waals surface area contributed by atoms with E-state index in [1.54, 1.807) is 0 Å². The molecule has 0 aliphatic carbocycles. The Morgan fingerprint density at radius 2 is 1.67 bits per heavy atom. The molecule has 0 bridgehead atoms. The highest BCUT2D eigenvalue weighted by Gasteiger charge is 2.13. The van der Waals surface area contributed by atoms with Crippen molar-refractivity contribution in [3.05, 3.63) is 67.2 Å². The van der Waals surface area contributed by atoms with Crippen molar-refractivity contribution in [2.24, 2.45) is 0 Å². The van der Waals surface area contributed by atoms with Crippen LogP contribution in [0, 0.1) is 17.4 Å². The summed E-state index contributed by atoms with van der Waals surface area (Å²) in [4.78, 5) is 12.4. The van der Waals surface area contributed by atoms with Crippen molar-refractivity contribution < 1.29 is 4.79 Å². The molecule has 2 aromatic carbocycles. The van der Waals surface area contributed by atoms with Crippen LogP contribution in [-0.4, -0.2) is 5.78 Å². The number of halogens is 2. The number of carbonyl (C=O) groups is 1. The zero-order valence-electron chi connectivity index (χ0n) is 10.1. The average molecular weight is 371 g/mol. The second kappa shape index (κ2) is 5.41. The van der Waals surface area contributed by atoms with Gasteiger partial charge in [-0.25, -0.2) is 0 Å². The number of ketones is 1. The first-order valence-corrected chi connectivity index (χ1v) is 7.01. The first-order chi connectivity index (χ1) is 8.49. The molecule has 0 fully saturated rings. The molecule has 0 amide bonds. The summed E-state index contributed by atoms with van der Waals surface area (Å²) < 4.78 is 1.12. The van der Waals surface area contributed by atoms with Crippen molar-refractivity contribution in [1.82, 2.24) is 0 Å². The summed E-state index contributed by atoms with van der Waals surface area (Å²) in [5.41, 5.74) is 3.27. The van der Waals surface area contributed by atoms with Crippen LogP contribution in [0.2, 0.25) is 5.02 Å². The molecule has 0 aliphatic rings. The molecular formula is C15H12ClIO. The molecule has 0 unspecified atom stereocenters. The van der Waals surface area contributed by atoms with Crippen molar-refractivity contribution in [2.45, 2.75) is 13.8 Å². The quantitative estimate of drug-likeness (QED) is 0.548. The van der Waals surface area contributed by atoms with Crippen LogP contribution in [0.5, 0.6) is 0 Å². The molecule has 2 aromatic rings. The molecule has 0 saturated carbocycles. The average Bonchev–Trinajstić information content (AvgIpc) is 2.34. The maximum atomic E-state index is 12.4. The van der Waals surface area contributed by atoms with E-state index in [1.807, 2.05) is 50.2 Å². The van der Waals surface area contributed by atoms with Gasteiger partial charge in [0.05, 0.1) is 0 Å². The van der Waals surface area contributed by atoms with Crippen LogP contribution in [-0.2, 0) is 0 Å². The first-order valence-electron chi connectivity index (χ1n) is 5.56. The molecule has 1 nitrogen and oxygen atoms in total. The van der Waals surface area contributed by atoms with Gasteiger partial charge in [-0.1, -0.05) is 11.6 Å². The van der Waals surface area contributed by atoms with Gasteiger partial charge in [0.25, 0.3) is 0 Å². The lowest BCUT2D eigenvalue weighted by atomic mass is 9.97. The second-order valence-corrected chi connectivity index (χ2v) is 5.91. The molecule has 0 radical (unpaired) electrons. The highest BCUT2D eigenvalue weighted by atomic mass is 127. The molecule has 0 N–H and O–H groups in total. The summed E-state index contributed by atoms with van der Waals surface area (Å²) in [5.74, 6) is 0.0451. The summed E-state index contributed by atoms with van der Waals surface area (Å²) >= 11 is 8.27. The van der Waals surface area contributed by atoms with E-state index in [-0.39, 0.29) is 5.78 Å². The first kappa shape index (κ1) is 13.6. The van der Waals surface area contributed by atoms with E-state index in [4.69, 9.17) is 11.6 Å². The number of aryl methyl sites for hydroxylation is 2. The van der Waals surface area contributed by atoms with Crippen molar-refractivity contribution >= 4 is 40.0 Å². The molecular weight excluding hydrogens is 359 g/mol. The Kier molecular flexibility index (Phi) is 4.07. The summed E-state index contributed by atoms with van der Waals surface area (Å²) in [6.07, 6.45) is 0.